The van der Waals surface area contributed by atoms with E-state index in [0.717, 1.165) is 12.3 Å². The van der Waals surface area contributed by atoms with Gasteiger partial charge in [-0.3, -0.25) is 9.97 Å². The molecule has 0 aliphatic carbocycles. The van der Waals surface area contributed by atoms with E-state index in [9.17, 15) is 21.6 Å². The fourth-order valence-electron chi connectivity index (χ4n) is 3.12. The minimum atomic E-state index is -4.53. The largest absolute Gasteiger partial charge is 0.433 e. The van der Waals surface area contributed by atoms with Crippen LogP contribution < -0.4 is 5.14 Å². The van der Waals surface area contributed by atoms with E-state index in [1.165, 1.54) is 24.4 Å². The fraction of sp³-hybridized carbons (Fsp3) is 0.0909. The lowest BCUT2D eigenvalue weighted by Gasteiger charge is -2.09. The summed E-state index contributed by atoms with van der Waals surface area (Å²) >= 11 is 0. The highest BCUT2D eigenvalue weighted by atomic mass is 32.2. The smallest absolute Gasteiger partial charge is 0.256 e. The molecule has 0 bridgehead atoms. The summed E-state index contributed by atoms with van der Waals surface area (Å²) < 4.78 is 61.7. The van der Waals surface area contributed by atoms with E-state index in [1.54, 1.807) is 37.3 Å². The number of pyridine rings is 2. The number of aryl methyl sites for hydroxylation is 1. The molecule has 3 heterocycles. The van der Waals surface area contributed by atoms with E-state index < -0.39 is 21.9 Å². The average molecular weight is 471 g/mol. The van der Waals surface area contributed by atoms with E-state index in [0.29, 0.717) is 39.6 Å². The Morgan fingerprint density at radius 1 is 0.848 bits per heavy atom. The molecule has 11 heteroatoms. The van der Waals surface area contributed by atoms with Crippen molar-refractivity contribution in [2.45, 2.75) is 18.0 Å². The van der Waals surface area contributed by atoms with Gasteiger partial charge in [-0.25, -0.2) is 23.5 Å². The molecule has 0 radical (unpaired) electrons. The number of sulfonamides is 1. The summed E-state index contributed by atoms with van der Waals surface area (Å²) in [5.74, 6) is 0.330. The highest BCUT2D eigenvalue weighted by molar-refractivity contribution is 7.89. The van der Waals surface area contributed by atoms with Crippen molar-refractivity contribution in [1.82, 2.24) is 19.9 Å². The van der Waals surface area contributed by atoms with Gasteiger partial charge in [0.05, 0.1) is 16.3 Å². The van der Waals surface area contributed by atoms with Crippen LogP contribution in [-0.2, 0) is 16.2 Å². The monoisotopic (exact) mass is 471 g/mol. The third-order valence-corrected chi connectivity index (χ3v) is 5.59. The zero-order chi connectivity index (χ0) is 23.8. The summed E-state index contributed by atoms with van der Waals surface area (Å²) in [5, 5.41) is 5.21. The molecule has 4 rings (SSSR count). The number of hydrogen-bond acceptors (Lipinski definition) is 6. The number of aromatic nitrogens is 4. The van der Waals surface area contributed by atoms with Crippen molar-refractivity contribution in [2.75, 3.05) is 0 Å². The molecule has 0 saturated carbocycles. The highest BCUT2D eigenvalue weighted by Crippen LogP contribution is 2.30. The molecule has 0 amide bonds. The zero-order valence-corrected chi connectivity index (χ0v) is 17.9. The van der Waals surface area contributed by atoms with Crippen molar-refractivity contribution in [1.29, 1.82) is 0 Å². The molecular weight excluding hydrogens is 455 g/mol. The van der Waals surface area contributed by atoms with E-state index in [1.807, 2.05) is 0 Å². The Balaban J connectivity index is 1.73. The lowest BCUT2D eigenvalue weighted by molar-refractivity contribution is -0.141. The van der Waals surface area contributed by atoms with Crippen molar-refractivity contribution < 1.29 is 21.6 Å². The number of halogens is 3. The third-order valence-electron chi connectivity index (χ3n) is 4.68. The van der Waals surface area contributed by atoms with Gasteiger partial charge in [-0.1, -0.05) is 12.1 Å². The number of alkyl halides is 3. The van der Waals surface area contributed by atoms with Crippen LogP contribution in [0.2, 0.25) is 0 Å². The molecule has 4 aromatic rings. The Morgan fingerprint density at radius 2 is 1.64 bits per heavy atom. The molecule has 0 fully saturated rings. The lowest BCUT2D eigenvalue weighted by atomic mass is 10.1. The van der Waals surface area contributed by atoms with Crippen molar-refractivity contribution in [3.63, 3.8) is 0 Å². The SMILES string of the molecule is Cc1cc(-c2ccc(C(F)(F)F)nc2)nc(-c2ccnc(-c3cccc(S(N)(=O)=O)c3)c2)n1. The minimum absolute atomic E-state index is 0.0453. The van der Waals surface area contributed by atoms with Crippen LogP contribution in [0.1, 0.15) is 11.4 Å². The standard InChI is InChI=1S/C22H16F3N5O2S/c1-13-9-19(16-5-6-20(28-12-16)22(23,24)25)30-21(29-13)15-7-8-27-18(11-15)14-3-2-4-17(10-14)33(26,31)32/h2-12H,1H3,(H2,26,31,32). The van der Waals surface area contributed by atoms with Crippen molar-refractivity contribution in [3.05, 3.63) is 78.4 Å². The van der Waals surface area contributed by atoms with Crippen LogP contribution in [0, 0.1) is 6.92 Å². The average Bonchev–Trinajstić information content (AvgIpc) is 2.78. The van der Waals surface area contributed by atoms with Crippen molar-refractivity contribution in [2.24, 2.45) is 5.14 Å². The molecule has 0 unspecified atom stereocenters. The molecule has 168 valence electrons. The second-order valence-electron chi connectivity index (χ2n) is 7.15. The second kappa shape index (κ2) is 8.34. The number of nitrogens with two attached hydrogens (primary N) is 1. The number of benzene rings is 1. The minimum Gasteiger partial charge on any atom is -0.256 e. The predicted octanol–water partition coefficient (Wildman–Crippen LogP) is 4.24. The van der Waals surface area contributed by atoms with Gasteiger partial charge in [-0.05, 0) is 49.4 Å². The summed E-state index contributed by atoms with van der Waals surface area (Å²) in [7, 11) is -3.88. The van der Waals surface area contributed by atoms with Crippen LogP contribution in [0.3, 0.4) is 0 Å². The number of primary sulfonamides is 1. The van der Waals surface area contributed by atoms with Crippen LogP contribution in [0.25, 0.3) is 33.9 Å². The molecular formula is C22H16F3N5O2S. The third kappa shape index (κ3) is 5.04. The first-order valence-corrected chi connectivity index (χ1v) is 11.0. The number of hydrogen-bond donors (Lipinski definition) is 1. The Kier molecular flexibility index (Phi) is 5.68. The first kappa shape index (κ1) is 22.5. The van der Waals surface area contributed by atoms with Crippen molar-refractivity contribution >= 4 is 10.0 Å². The zero-order valence-electron chi connectivity index (χ0n) is 17.1. The molecule has 3 aromatic heterocycles. The van der Waals surface area contributed by atoms with E-state index >= 15 is 0 Å². The van der Waals surface area contributed by atoms with Gasteiger partial charge in [-0.2, -0.15) is 13.2 Å². The first-order valence-electron chi connectivity index (χ1n) is 9.50. The molecule has 0 atom stereocenters. The number of nitrogens with zero attached hydrogens (tertiary/aromatic N) is 4. The van der Waals surface area contributed by atoms with Crippen LogP contribution in [0.4, 0.5) is 13.2 Å². The highest BCUT2D eigenvalue weighted by Gasteiger charge is 2.32. The summed E-state index contributed by atoms with van der Waals surface area (Å²) in [6, 6.07) is 13.3. The van der Waals surface area contributed by atoms with E-state index in [4.69, 9.17) is 5.14 Å². The van der Waals surface area contributed by atoms with Crippen molar-refractivity contribution in [3.8, 4) is 33.9 Å². The quantitative estimate of drug-likeness (QED) is 0.477. The fourth-order valence-corrected chi connectivity index (χ4v) is 3.68. The van der Waals surface area contributed by atoms with Crippen LogP contribution in [-0.4, -0.2) is 28.4 Å². The summed E-state index contributed by atoms with van der Waals surface area (Å²) in [6.45, 7) is 1.74. The van der Waals surface area contributed by atoms with Gasteiger partial charge < -0.3 is 0 Å². The maximum absolute atomic E-state index is 12.8. The lowest BCUT2D eigenvalue weighted by Crippen LogP contribution is -2.11. The predicted molar refractivity (Wildman–Crippen MR) is 115 cm³/mol. The van der Waals surface area contributed by atoms with Gasteiger partial charge in [0, 0.05) is 34.8 Å². The van der Waals surface area contributed by atoms with Gasteiger partial charge in [0.2, 0.25) is 10.0 Å². The van der Waals surface area contributed by atoms with Crippen LogP contribution >= 0.6 is 0 Å². The molecule has 33 heavy (non-hydrogen) atoms. The Morgan fingerprint density at radius 3 is 2.30 bits per heavy atom. The number of rotatable bonds is 4. The van der Waals surface area contributed by atoms with Gasteiger partial charge in [0.25, 0.3) is 0 Å². The molecule has 0 saturated heterocycles. The van der Waals surface area contributed by atoms with Gasteiger partial charge in [0.1, 0.15) is 5.69 Å². The molecule has 0 spiro atoms. The van der Waals surface area contributed by atoms with Gasteiger partial charge in [-0.15, -0.1) is 0 Å². The van der Waals surface area contributed by atoms with E-state index in [-0.39, 0.29) is 4.90 Å². The first-order chi connectivity index (χ1) is 15.5. The van der Waals surface area contributed by atoms with Gasteiger partial charge >= 0.3 is 6.18 Å². The molecule has 0 aliphatic heterocycles. The Bertz CT molecular complexity index is 1440. The molecule has 2 N–H and O–H groups in total. The summed E-state index contributed by atoms with van der Waals surface area (Å²) in [5.41, 5.74) is 2.02. The molecule has 1 aromatic carbocycles. The van der Waals surface area contributed by atoms with Crippen LogP contribution in [0.5, 0.6) is 0 Å². The second-order valence-corrected chi connectivity index (χ2v) is 8.71. The Hall–Kier alpha value is -3.70. The molecule has 7 nitrogen and oxygen atoms in total. The summed E-state index contributed by atoms with van der Waals surface area (Å²) in [4.78, 5) is 16.6. The van der Waals surface area contributed by atoms with Crippen LogP contribution in [0.15, 0.2) is 71.9 Å². The Labute approximate surface area is 187 Å². The summed E-state index contributed by atoms with van der Waals surface area (Å²) in [6.07, 6.45) is -1.89. The maximum atomic E-state index is 12.8. The van der Waals surface area contributed by atoms with Gasteiger partial charge in [0.15, 0.2) is 5.82 Å². The topological polar surface area (TPSA) is 112 Å². The normalized spacial score (nSPS) is 12.0. The van der Waals surface area contributed by atoms with E-state index in [2.05, 4.69) is 19.9 Å². The maximum Gasteiger partial charge on any atom is 0.433 e. The molecule has 0 aliphatic rings.